The lowest BCUT2D eigenvalue weighted by Gasteiger charge is -2.21. The third-order valence-electron chi connectivity index (χ3n) is 3.42. The molecule has 0 aliphatic heterocycles. The molecule has 1 aromatic carbocycles. The first kappa shape index (κ1) is 13.0. The van der Waals surface area contributed by atoms with E-state index >= 15 is 0 Å². The van der Waals surface area contributed by atoms with Crippen LogP contribution in [0.25, 0.3) is 0 Å². The van der Waals surface area contributed by atoms with Crippen molar-refractivity contribution in [1.29, 1.82) is 0 Å². The molecule has 2 rings (SSSR count). The van der Waals surface area contributed by atoms with Crippen LogP contribution in [-0.2, 0) is 4.79 Å². The topological polar surface area (TPSA) is 49.3 Å². The lowest BCUT2D eigenvalue weighted by molar-refractivity contribution is -0.120. The first-order valence-corrected chi connectivity index (χ1v) is 6.27. The number of amides is 1. The molecule has 3 nitrogen and oxygen atoms in total. The molecule has 2 N–H and O–H groups in total. The van der Waals surface area contributed by atoms with Gasteiger partial charge in [-0.15, -0.1) is 0 Å². The van der Waals surface area contributed by atoms with Crippen molar-refractivity contribution in [1.82, 2.24) is 0 Å². The number of halogens is 1. The third-order valence-corrected chi connectivity index (χ3v) is 3.42. The molecular formula is C14H18FNO2. The highest BCUT2D eigenvalue weighted by Crippen LogP contribution is 2.32. The van der Waals surface area contributed by atoms with E-state index in [1.165, 1.54) is 6.07 Å². The van der Waals surface area contributed by atoms with Crippen molar-refractivity contribution >= 4 is 11.6 Å². The number of hydrogen-bond donors (Lipinski definition) is 2. The third kappa shape index (κ3) is 3.07. The highest BCUT2D eigenvalue weighted by Gasteiger charge is 2.33. The number of aliphatic hydroxyl groups is 1. The van der Waals surface area contributed by atoms with E-state index in [9.17, 15) is 14.3 Å². The Labute approximate surface area is 106 Å². The Morgan fingerprint density at radius 3 is 2.78 bits per heavy atom. The van der Waals surface area contributed by atoms with Crippen LogP contribution in [0.5, 0.6) is 0 Å². The monoisotopic (exact) mass is 251 g/mol. The molecule has 0 unspecified atom stereocenters. The Balaban J connectivity index is 2.00. The summed E-state index contributed by atoms with van der Waals surface area (Å²) in [4.78, 5) is 11.8. The molecule has 0 heterocycles. The second-order valence-electron chi connectivity index (χ2n) is 5.14. The van der Waals surface area contributed by atoms with Gasteiger partial charge in [0.25, 0.3) is 0 Å². The normalized spacial score (nSPS) is 17.7. The van der Waals surface area contributed by atoms with E-state index in [1.807, 2.05) is 6.92 Å². The summed E-state index contributed by atoms with van der Waals surface area (Å²) < 4.78 is 13.5. The molecule has 18 heavy (non-hydrogen) atoms. The molecule has 4 heteroatoms. The number of nitrogens with one attached hydrogen (secondary N) is 1. The minimum atomic E-state index is -0.898. The predicted octanol–water partition coefficient (Wildman–Crippen LogP) is 2.77. The summed E-state index contributed by atoms with van der Waals surface area (Å²) in [5.41, 5.74) is 0.164. The highest BCUT2D eigenvalue weighted by molar-refractivity contribution is 5.91. The van der Waals surface area contributed by atoms with E-state index in [2.05, 4.69) is 5.32 Å². The van der Waals surface area contributed by atoms with Crippen LogP contribution in [0.1, 0.15) is 37.7 Å². The summed E-state index contributed by atoms with van der Waals surface area (Å²) >= 11 is 0. The molecular weight excluding hydrogens is 233 g/mol. The number of hydrogen-bond acceptors (Lipinski definition) is 2. The molecule has 0 radical (unpaired) electrons. The van der Waals surface area contributed by atoms with Gasteiger partial charge in [0, 0.05) is 0 Å². The number of anilines is 1. The zero-order chi connectivity index (χ0) is 13.2. The van der Waals surface area contributed by atoms with Crippen molar-refractivity contribution in [3.05, 3.63) is 29.6 Å². The summed E-state index contributed by atoms with van der Waals surface area (Å²) in [7, 11) is 0. The fraction of sp³-hybridized carbons (Fsp3) is 0.500. The molecule has 1 aliphatic carbocycles. The number of benzene rings is 1. The summed E-state index contributed by atoms with van der Waals surface area (Å²) in [5, 5.41) is 12.6. The Kier molecular flexibility index (Phi) is 3.66. The van der Waals surface area contributed by atoms with E-state index in [1.54, 1.807) is 12.1 Å². The van der Waals surface area contributed by atoms with Gasteiger partial charge in [-0.3, -0.25) is 4.79 Å². The van der Waals surface area contributed by atoms with Crippen molar-refractivity contribution in [2.45, 2.75) is 44.6 Å². The fourth-order valence-electron chi connectivity index (χ4n) is 2.44. The van der Waals surface area contributed by atoms with Gasteiger partial charge >= 0.3 is 0 Å². The van der Waals surface area contributed by atoms with Crippen molar-refractivity contribution < 1.29 is 14.3 Å². The van der Waals surface area contributed by atoms with Gasteiger partial charge < -0.3 is 10.4 Å². The zero-order valence-corrected chi connectivity index (χ0v) is 10.5. The Bertz CT molecular complexity index is 453. The van der Waals surface area contributed by atoms with Gasteiger partial charge in [-0.05, 0) is 37.5 Å². The maximum absolute atomic E-state index is 13.5. The fourth-order valence-corrected chi connectivity index (χ4v) is 2.44. The Hall–Kier alpha value is -1.42. The summed E-state index contributed by atoms with van der Waals surface area (Å²) in [6, 6.07) is 4.57. The Morgan fingerprint density at radius 1 is 1.44 bits per heavy atom. The molecule has 1 fully saturated rings. The quantitative estimate of drug-likeness (QED) is 0.867. The van der Waals surface area contributed by atoms with E-state index in [4.69, 9.17) is 0 Å². The van der Waals surface area contributed by atoms with Crippen LogP contribution in [-0.4, -0.2) is 16.6 Å². The summed E-state index contributed by atoms with van der Waals surface area (Å²) in [6.45, 7) is 1.83. The second-order valence-corrected chi connectivity index (χ2v) is 5.14. The van der Waals surface area contributed by atoms with Gasteiger partial charge in [-0.1, -0.05) is 18.9 Å². The summed E-state index contributed by atoms with van der Waals surface area (Å²) in [5.74, 6) is -0.781. The van der Waals surface area contributed by atoms with Crippen molar-refractivity contribution in [3.63, 3.8) is 0 Å². The van der Waals surface area contributed by atoms with Gasteiger partial charge in [0.2, 0.25) is 5.91 Å². The molecule has 1 saturated carbocycles. The smallest absolute Gasteiger partial charge is 0.227 e. The van der Waals surface area contributed by atoms with Gasteiger partial charge in [0.1, 0.15) is 5.82 Å². The molecule has 0 saturated heterocycles. The minimum absolute atomic E-state index is 0.0420. The SMILES string of the molecule is Cc1ccc(F)c(NC(=O)CC2(O)CCCC2)c1. The first-order valence-electron chi connectivity index (χ1n) is 6.27. The molecule has 1 aromatic rings. The van der Waals surface area contributed by atoms with Gasteiger partial charge in [-0.25, -0.2) is 4.39 Å². The molecule has 1 aliphatic rings. The van der Waals surface area contributed by atoms with E-state index in [0.29, 0.717) is 12.8 Å². The van der Waals surface area contributed by atoms with Gasteiger partial charge in [0.15, 0.2) is 0 Å². The predicted molar refractivity (Wildman–Crippen MR) is 67.8 cm³/mol. The zero-order valence-electron chi connectivity index (χ0n) is 10.5. The number of rotatable bonds is 3. The first-order chi connectivity index (χ1) is 8.48. The second kappa shape index (κ2) is 5.06. The molecule has 1 amide bonds. The maximum atomic E-state index is 13.5. The van der Waals surface area contributed by atoms with Gasteiger partial charge in [0.05, 0.1) is 17.7 Å². The number of carbonyl (C=O) groups excluding carboxylic acids is 1. The van der Waals surface area contributed by atoms with Crippen LogP contribution in [0.15, 0.2) is 18.2 Å². The maximum Gasteiger partial charge on any atom is 0.227 e. The molecule has 0 atom stereocenters. The molecule has 0 spiro atoms. The lowest BCUT2D eigenvalue weighted by atomic mass is 9.97. The highest BCUT2D eigenvalue weighted by atomic mass is 19.1. The standard InChI is InChI=1S/C14H18FNO2/c1-10-4-5-11(15)12(8-10)16-13(17)9-14(18)6-2-3-7-14/h4-5,8,18H,2-3,6-7,9H2,1H3,(H,16,17). The van der Waals surface area contributed by atoms with Crippen LogP contribution in [0.3, 0.4) is 0 Å². The van der Waals surface area contributed by atoms with Crippen LogP contribution in [0.2, 0.25) is 0 Å². The number of carbonyl (C=O) groups is 1. The average Bonchev–Trinajstić information content (AvgIpc) is 2.70. The summed E-state index contributed by atoms with van der Waals surface area (Å²) in [6.07, 6.45) is 3.24. The average molecular weight is 251 g/mol. The molecule has 98 valence electrons. The van der Waals surface area contributed by atoms with Crippen LogP contribution in [0, 0.1) is 12.7 Å². The lowest BCUT2D eigenvalue weighted by Crippen LogP contribution is -2.30. The largest absolute Gasteiger partial charge is 0.389 e. The van der Waals surface area contributed by atoms with Crippen molar-refractivity contribution in [2.75, 3.05) is 5.32 Å². The minimum Gasteiger partial charge on any atom is -0.389 e. The van der Waals surface area contributed by atoms with Crippen molar-refractivity contribution in [3.8, 4) is 0 Å². The molecule has 0 bridgehead atoms. The molecule has 0 aromatic heterocycles. The van der Waals surface area contributed by atoms with Gasteiger partial charge in [-0.2, -0.15) is 0 Å². The van der Waals surface area contributed by atoms with E-state index in [-0.39, 0.29) is 18.0 Å². The van der Waals surface area contributed by atoms with Crippen molar-refractivity contribution in [2.24, 2.45) is 0 Å². The van der Waals surface area contributed by atoms with E-state index in [0.717, 1.165) is 18.4 Å². The Morgan fingerprint density at radius 2 is 2.11 bits per heavy atom. The van der Waals surface area contributed by atoms with Crippen LogP contribution >= 0.6 is 0 Å². The number of aryl methyl sites for hydroxylation is 1. The van der Waals surface area contributed by atoms with Crippen LogP contribution < -0.4 is 5.32 Å². The van der Waals surface area contributed by atoms with Crippen LogP contribution in [0.4, 0.5) is 10.1 Å². The van der Waals surface area contributed by atoms with E-state index < -0.39 is 11.4 Å².